The van der Waals surface area contributed by atoms with E-state index in [0.29, 0.717) is 6.54 Å². The molecule has 1 aliphatic carbocycles. The normalized spacial score (nSPS) is 16.4. The molecule has 0 bridgehead atoms. The molecule has 0 heterocycles. The number of nitrogens with two attached hydrogens (primary N) is 1. The van der Waals surface area contributed by atoms with Gasteiger partial charge < -0.3 is 11.1 Å². The summed E-state index contributed by atoms with van der Waals surface area (Å²) >= 11 is 0. The maximum Gasteiger partial charge on any atom is 0.251 e. The average Bonchev–Trinajstić information content (AvgIpc) is 3.13. The Morgan fingerprint density at radius 1 is 1.39 bits per heavy atom. The van der Waals surface area contributed by atoms with Crippen molar-refractivity contribution in [3.63, 3.8) is 0 Å². The summed E-state index contributed by atoms with van der Waals surface area (Å²) in [5.41, 5.74) is 4.75. The number of nitrogen functional groups attached to an aromatic ring is 1. The fourth-order valence-corrected chi connectivity index (χ4v) is 1.92. The van der Waals surface area contributed by atoms with Crippen LogP contribution in [-0.2, 0) is 0 Å². The van der Waals surface area contributed by atoms with Gasteiger partial charge in [0.05, 0.1) is 0 Å². The molecule has 0 atom stereocenters. The largest absolute Gasteiger partial charge is 0.394 e. The van der Waals surface area contributed by atoms with Crippen molar-refractivity contribution in [3.05, 3.63) is 29.3 Å². The molecule has 18 heavy (non-hydrogen) atoms. The molecule has 1 aromatic rings. The van der Waals surface area contributed by atoms with Gasteiger partial charge in [-0.3, -0.25) is 4.79 Å². The minimum atomic E-state index is -0.906. The highest BCUT2D eigenvalue weighted by Gasteiger charge is 2.40. The number of amides is 1. The van der Waals surface area contributed by atoms with Crippen molar-refractivity contribution in [3.8, 4) is 0 Å². The van der Waals surface area contributed by atoms with Crippen molar-refractivity contribution in [2.24, 2.45) is 5.41 Å². The lowest BCUT2D eigenvalue weighted by Crippen LogP contribution is -2.30. The van der Waals surface area contributed by atoms with Gasteiger partial charge >= 0.3 is 0 Å². The zero-order valence-electron chi connectivity index (χ0n) is 10.2. The van der Waals surface area contributed by atoms with Gasteiger partial charge in [-0.2, -0.15) is 0 Å². The van der Waals surface area contributed by atoms with Crippen LogP contribution in [0.5, 0.6) is 0 Å². The summed E-state index contributed by atoms with van der Waals surface area (Å²) in [5.74, 6) is -2.28. The highest BCUT2D eigenvalue weighted by Crippen LogP contribution is 2.47. The van der Waals surface area contributed by atoms with E-state index in [1.54, 1.807) is 0 Å². The second-order valence-electron chi connectivity index (χ2n) is 4.89. The number of hydrogen-bond acceptors (Lipinski definition) is 2. The van der Waals surface area contributed by atoms with Gasteiger partial charge in [0.25, 0.3) is 5.91 Å². The lowest BCUT2D eigenvalue weighted by Gasteiger charge is -2.13. The predicted molar refractivity (Wildman–Crippen MR) is 65.1 cm³/mol. The van der Waals surface area contributed by atoms with E-state index in [1.807, 2.05) is 0 Å². The first-order chi connectivity index (χ1) is 8.47. The molecule has 0 aromatic heterocycles. The van der Waals surface area contributed by atoms with Crippen LogP contribution in [0.4, 0.5) is 14.5 Å². The average molecular weight is 254 g/mol. The van der Waals surface area contributed by atoms with Gasteiger partial charge in [-0.15, -0.1) is 0 Å². The monoisotopic (exact) mass is 254 g/mol. The summed E-state index contributed by atoms with van der Waals surface area (Å²) in [6.07, 6.45) is 3.18. The van der Waals surface area contributed by atoms with Crippen molar-refractivity contribution in [2.75, 3.05) is 12.3 Å². The highest BCUT2D eigenvalue weighted by molar-refractivity contribution is 5.94. The van der Waals surface area contributed by atoms with Gasteiger partial charge in [0.1, 0.15) is 17.3 Å². The lowest BCUT2D eigenvalue weighted by atomic mass is 10.0. The summed E-state index contributed by atoms with van der Waals surface area (Å²) < 4.78 is 26.4. The number of hydrogen-bond donors (Lipinski definition) is 2. The second kappa shape index (κ2) is 4.55. The minimum absolute atomic E-state index is 0.0360. The third-order valence-electron chi connectivity index (χ3n) is 3.67. The quantitative estimate of drug-likeness (QED) is 0.811. The number of anilines is 1. The summed E-state index contributed by atoms with van der Waals surface area (Å²) in [5, 5.41) is 2.71. The number of carbonyl (C=O) groups is 1. The minimum Gasteiger partial charge on any atom is -0.394 e. The third-order valence-corrected chi connectivity index (χ3v) is 3.67. The molecule has 1 aromatic carbocycles. The first-order valence-electron chi connectivity index (χ1n) is 6.00. The first-order valence-corrected chi connectivity index (χ1v) is 6.00. The van der Waals surface area contributed by atoms with E-state index in [4.69, 9.17) is 5.73 Å². The molecule has 98 valence electrons. The first kappa shape index (κ1) is 12.8. The number of benzene rings is 1. The van der Waals surface area contributed by atoms with Crippen LogP contribution >= 0.6 is 0 Å². The van der Waals surface area contributed by atoms with Crippen LogP contribution in [0.3, 0.4) is 0 Å². The molecule has 3 N–H and O–H groups in total. The molecule has 3 nitrogen and oxygen atoms in total. The maximum atomic E-state index is 13.2. The van der Waals surface area contributed by atoms with Crippen LogP contribution in [0, 0.1) is 17.0 Å². The smallest absolute Gasteiger partial charge is 0.251 e. The van der Waals surface area contributed by atoms with Crippen LogP contribution in [0.1, 0.15) is 36.5 Å². The van der Waals surface area contributed by atoms with E-state index in [9.17, 15) is 13.6 Å². The Labute approximate surface area is 104 Å². The van der Waals surface area contributed by atoms with E-state index in [0.717, 1.165) is 31.4 Å². The van der Waals surface area contributed by atoms with Crippen molar-refractivity contribution >= 4 is 11.6 Å². The van der Waals surface area contributed by atoms with Crippen LogP contribution in [-0.4, -0.2) is 12.5 Å². The van der Waals surface area contributed by atoms with Crippen molar-refractivity contribution in [2.45, 2.75) is 26.2 Å². The third kappa shape index (κ3) is 2.44. The summed E-state index contributed by atoms with van der Waals surface area (Å²) in [6.45, 7) is 2.62. The lowest BCUT2D eigenvalue weighted by molar-refractivity contribution is 0.0943. The Hall–Kier alpha value is -1.65. The molecule has 1 fully saturated rings. The van der Waals surface area contributed by atoms with Crippen LogP contribution in [0.15, 0.2) is 12.1 Å². The predicted octanol–water partition coefficient (Wildman–Crippen LogP) is 2.47. The zero-order valence-corrected chi connectivity index (χ0v) is 10.2. The molecule has 1 saturated carbocycles. The zero-order chi connectivity index (χ0) is 13.3. The van der Waals surface area contributed by atoms with Crippen LogP contribution in [0.25, 0.3) is 0 Å². The number of rotatable bonds is 4. The van der Waals surface area contributed by atoms with E-state index < -0.39 is 23.2 Å². The van der Waals surface area contributed by atoms with Gasteiger partial charge in [-0.1, -0.05) is 6.92 Å². The van der Waals surface area contributed by atoms with E-state index in [2.05, 4.69) is 12.2 Å². The maximum absolute atomic E-state index is 13.2. The van der Waals surface area contributed by atoms with E-state index >= 15 is 0 Å². The standard InChI is InChI=1S/C13H16F2N2O/c1-2-13(3-4-13)7-17-12(18)8-5-9(14)11(16)10(15)6-8/h5-6H,2-4,7,16H2,1H3,(H,17,18). The summed E-state index contributed by atoms with van der Waals surface area (Å²) in [4.78, 5) is 11.8. The summed E-state index contributed by atoms with van der Waals surface area (Å²) in [6, 6.07) is 1.92. The second-order valence-corrected chi connectivity index (χ2v) is 4.89. The fourth-order valence-electron chi connectivity index (χ4n) is 1.92. The molecular weight excluding hydrogens is 238 g/mol. The molecule has 1 amide bonds. The highest BCUT2D eigenvalue weighted by atomic mass is 19.1. The molecule has 0 saturated heterocycles. The Balaban J connectivity index is 2.05. The van der Waals surface area contributed by atoms with Crippen molar-refractivity contribution in [1.82, 2.24) is 5.32 Å². The Morgan fingerprint density at radius 3 is 2.39 bits per heavy atom. The van der Waals surface area contributed by atoms with Crippen molar-refractivity contribution in [1.29, 1.82) is 0 Å². The Morgan fingerprint density at radius 2 is 1.94 bits per heavy atom. The van der Waals surface area contributed by atoms with Gasteiger partial charge in [0.15, 0.2) is 0 Å². The van der Waals surface area contributed by atoms with Gasteiger partial charge in [0, 0.05) is 12.1 Å². The van der Waals surface area contributed by atoms with E-state index in [1.165, 1.54) is 0 Å². The van der Waals surface area contributed by atoms with Crippen LogP contribution < -0.4 is 11.1 Å². The number of carbonyl (C=O) groups excluding carboxylic acids is 1. The Kier molecular flexibility index (Phi) is 3.24. The van der Waals surface area contributed by atoms with Crippen LogP contribution in [0.2, 0.25) is 0 Å². The van der Waals surface area contributed by atoms with Gasteiger partial charge in [0.2, 0.25) is 0 Å². The molecule has 2 rings (SSSR count). The van der Waals surface area contributed by atoms with Gasteiger partial charge in [-0.25, -0.2) is 8.78 Å². The molecule has 5 heteroatoms. The molecule has 0 aliphatic heterocycles. The molecule has 1 aliphatic rings. The van der Waals surface area contributed by atoms with Crippen molar-refractivity contribution < 1.29 is 13.6 Å². The molecule has 0 unspecified atom stereocenters. The summed E-state index contributed by atoms with van der Waals surface area (Å²) in [7, 11) is 0. The molecule has 0 spiro atoms. The topological polar surface area (TPSA) is 55.1 Å². The number of halogens is 2. The van der Waals surface area contributed by atoms with E-state index in [-0.39, 0.29) is 11.0 Å². The molecular formula is C13H16F2N2O. The van der Waals surface area contributed by atoms with Gasteiger partial charge in [-0.05, 0) is 36.8 Å². The molecule has 0 radical (unpaired) electrons. The Bertz CT molecular complexity index is 461. The fraction of sp³-hybridized carbons (Fsp3) is 0.462. The SMILES string of the molecule is CCC1(CNC(=O)c2cc(F)c(N)c(F)c2)CC1. The number of nitrogens with one attached hydrogen (secondary N) is 1.